The molecule has 124 valence electrons. The number of carbonyl (C=O) groups excluding carboxylic acids is 1. The summed E-state index contributed by atoms with van der Waals surface area (Å²) < 4.78 is 10.4. The Morgan fingerprint density at radius 1 is 1.38 bits per heavy atom. The van der Waals surface area contributed by atoms with Gasteiger partial charge in [0.25, 0.3) is 11.8 Å². The first-order chi connectivity index (χ1) is 11.6. The van der Waals surface area contributed by atoms with Crippen LogP contribution in [0.25, 0.3) is 11.4 Å². The number of aromatic nitrogens is 4. The van der Waals surface area contributed by atoms with Crippen LogP contribution in [0.1, 0.15) is 16.5 Å². The second-order valence-corrected chi connectivity index (χ2v) is 6.16. The van der Waals surface area contributed by atoms with Crippen LogP contribution in [0.15, 0.2) is 29.0 Å². The first-order valence-electron chi connectivity index (χ1n) is 7.16. The van der Waals surface area contributed by atoms with Gasteiger partial charge in [-0.15, -0.1) is 11.3 Å². The van der Waals surface area contributed by atoms with Gasteiger partial charge in [0.2, 0.25) is 5.82 Å². The third-order valence-electron chi connectivity index (χ3n) is 3.12. The fourth-order valence-corrected chi connectivity index (χ4v) is 2.67. The highest BCUT2D eigenvalue weighted by Crippen LogP contribution is 2.20. The van der Waals surface area contributed by atoms with Gasteiger partial charge in [0.1, 0.15) is 13.2 Å². The van der Waals surface area contributed by atoms with Crippen molar-refractivity contribution in [1.29, 1.82) is 0 Å². The highest BCUT2D eigenvalue weighted by molar-refractivity contribution is 7.15. The Kier molecular flexibility index (Phi) is 4.92. The first kappa shape index (κ1) is 16.2. The molecule has 3 aromatic rings. The van der Waals surface area contributed by atoms with Gasteiger partial charge in [-0.05, 0) is 26.0 Å². The van der Waals surface area contributed by atoms with E-state index in [-0.39, 0.29) is 19.1 Å². The highest BCUT2D eigenvalue weighted by Gasteiger charge is 2.11. The quantitative estimate of drug-likeness (QED) is 0.731. The van der Waals surface area contributed by atoms with Crippen LogP contribution < -0.4 is 5.32 Å². The van der Waals surface area contributed by atoms with Crippen molar-refractivity contribution in [1.82, 2.24) is 20.1 Å². The number of nitrogens with zero attached hydrogens (tertiary/aromatic N) is 4. The van der Waals surface area contributed by atoms with E-state index in [9.17, 15) is 4.79 Å². The van der Waals surface area contributed by atoms with Crippen LogP contribution in [0.3, 0.4) is 0 Å². The van der Waals surface area contributed by atoms with Crippen molar-refractivity contribution < 1.29 is 14.1 Å². The number of hydrogen-bond donors (Lipinski definition) is 1. The number of nitrogens with one attached hydrogen (secondary N) is 1. The fraction of sp³-hybridized carbons (Fsp3) is 0.267. The molecule has 0 aliphatic heterocycles. The third kappa shape index (κ3) is 4.00. The number of rotatable bonds is 6. The maximum atomic E-state index is 11.8. The lowest BCUT2D eigenvalue weighted by atomic mass is 10.3. The summed E-state index contributed by atoms with van der Waals surface area (Å²) in [6.07, 6.45) is 3.30. The molecule has 3 heterocycles. The highest BCUT2D eigenvalue weighted by atomic mass is 32.1. The molecule has 0 saturated carbocycles. The Bertz CT molecular complexity index is 811. The minimum Gasteiger partial charge on any atom is -0.362 e. The maximum Gasteiger partial charge on any atom is 0.252 e. The van der Waals surface area contributed by atoms with Crippen molar-refractivity contribution in [2.75, 3.05) is 11.9 Å². The average molecular weight is 345 g/mol. The summed E-state index contributed by atoms with van der Waals surface area (Å²) in [6.45, 7) is 3.78. The van der Waals surface area contributed by atoms with Gasteiger partial charge < -0.3 is 9.26 Å². The average Bonchev–Trinajstić information content (AvgIpc) is 3.15. The number of anilines is 1. The Balaban J connectivity index is 1.48. The van der Waals surface area contributed by atoms with E-state index in [2.05, 4.69) is 25.4 Å². The van der Waals surface area contributed by atoms with E-state index in [0.29, 0.717) is 16.8 Å². The lowest BCUT2D eigenvalue weighted by Crippen LogP contribution is -2.18. The van der Waals surface area contributed by atoms with E-state index in [1.165, 1.54) is 11.3 Å². The molecule has 1 amide bonds. The molecule has 0 aliphatic rings. The number of thiazole rings is 1. The van der Waals surface area contributed by atoms with E-state index < -0.39 is 0 Å². The SMILES string of the molecule is Cc1nc(NC(=O)COCc2nc(-c3cccnc3)no2)sc1C. The second-order valence-electron chi connectivity index (χ2n) is 4.96. The molecule has 0 atom stereocenters. The van der Waals surface area contributed by atoms with Crippen LogP contribution in [-0.2, 0) is 16.1 Å². The maximum absolute atomic E-state index is 11.8. The van der Waals surface area contributed by atoms with Crippen LogP contribution in [0, 0.1) is 13.8 Å². The molecular formula is C15H15N5O3S. The van der Waals surface area contributed by atoms with Gasteiger partial charge >= 0.3 is 0 Å². The van der Waals surface area contributed by atoms with Crippen molar-refractivity contribution in [3.8, 4) is 11.4 Å². The topological polar surface area (TPSA) is 103 Å². The standard InChI is InChI=1S/C15H15N5O3S/c1-9-10(2)24-15(17-9)18-12(21)7-22-8-13-19-14(20-23-13)11-4-3-5-16-6-11/h3-6H,7-8H2,1-2H3,(H,17,18,21). The van der Waals surface area contributed by atoms with Gasteiger partial charge in [-0.25, -0.2) is 4.98 Å². The van der Waals surface area contributed by atoms with E-state index in [1.807, 2.05) is 19.9 Å². The summed E-state index contributed by atoms with van der Waals surface area (Å²) in [5.74, 6) is 0.443. The molecule has 8 nitrogen and oxygen atoms in total. The largest absolute Gasteiger partial charge is 0.362 e. The van der Waals surface area contributed by atoms with Gasteiger partial charge in [-0.1, -0.05) is 5.16 Å². The van der Waals surface area contributed by atoms with Gasteiger partial charge in [0.05, 0.1) is 5.69 Å². The summed E-state index contributed by atoms with van der Waals surface area (Å²) in [7, 11) is 0. The summed E-state index contributed by atoms with van der Waals surface area (Å²) >= 11 is 1.43. The number of aryl methyl sites for hydroxylation is 2. The second kappa shape index (κ2) is 7.28. The van der Waals surface area contributed by atoms with Crippen LogP contribution in [-0.4, -0.2) is 32.6 Å². The van der Waals surface area contributed by atoms with E-state index >= 15 is 0 Å². The summed E-state index contributed by atoms with van der Waals surface area (Å²) in [5.41, 5.74) is 1.66. The van der Waals surface area contributed by atoms with E-state index in [1.54, 1.807) is 18.5 Å². The Hall–Kier alpha value is -2.65. The predicted octanol–water partition coefficient (Wildman–Crippen LogP) is 2.36. The molecule has 9 heteroatoms. The monoisotopic (exact) mass is 345 g/mol. The molecule has 3 aromatic heterocycles. The zero-order valence-electron chi connectivity index (χ0n) is 13.1. The summed E-state index contributed by atoms with van der Waals surface area (Å²) in [5, 5.41) is 7.10. The lowest BCUT2D eigenvalue weighted by molar-refractivity contribution is -0.121. The Labute approximate surface area is 141 Å². The van der Waals surface area contributed by atoms with Crippen LogP contribution in [0.4, 0.5) is 5.13 Å². The molecule has 3 rings (SSSR count). The molecule has 1 N–H and O–H groups in total. The van der Waals surface area contributed by atoms with Gasteiger partial charge in [-0.2, -0.15) is 4.98 Å². The van der Waals surface area contributed by atoms with Crippen LogP contribution in [0.5, 0.6) is 0 Å². The van der Waals surface area contributed by atoms with Crippen LogP contribution >= 0.6 is 11.3 Å². The predicted molar refractivity (Wildman–Crippen MR) is 87.4 cm³/mol. The zero-order valence-corrected chi connectivity index (χ0v) is 14.0. The number of carbonyl (C=O) groups is 1. The van der Waals surface area contributed by atoms with Crippen molar-refractivity contribution in [2.24, 2.45) is 0 Å². The van der Waals surface area contributed by atoms with Crippen molar-refractivity contribution >= 4 is 22.4 Å². The van der Waals surface area contributed by atoms with E-state index in [4.69, 9.17) is 9.26 Å². The molecule has 0 unspecified atom stereocenters. The molecular weight excluding hydrogens is 330 g/mol. The van der Waals surface area contributed by atoms with Crippen molar-refractivity contribution in [3.63, 3.8) is 0 Å². The molecule has 0 aliphatic carbocycles. The lowest BCUT2D eigenvalue weighted by Gasteiger charge is -2.01. The van der Waals surface area contributed by atoms with E-state index in [0.717, 1.165) is 16.1 Å². The minimum absolute atomic E-state index is 0.0522. The fourth-order valence-electron chi connectivity index (χ4n) is 1.84. The first-order valence-corrected chi connectivity index (χ1v) is 7.98. The molecule has 0 radical (unpaired) electrons. The minimum atomic E-state index is -0.282. The molecule has 0 fully saturated rings. The van der Waals surface area contributed by atoms with Gasteiger partial charge in [0.15, 0.2) is 5.13 Å². The molecule has 24 heavy (non-hydrogen) atoms. The Morgan fingerprint density at radius 3 is 2.96 bits per heavy atom. The molecule has 0 saturated heterocycles. The molecule has 0 bridgehead atoms. The number of amides is 1. The van der Waals surface area contributed by atoms with Crippen molar-refractivity contribution in [3.05, 3.63) is 41.0 Å². The van der Waals surface area contributed by atoms with Gasteiger partial charge in [0, 0.05) is 22.8 Å². The molecule has 0 aromatic carbocycles. The van der Waals surface area contributed by atoms with Gasteiger partial charge in [-0.3, -0.25) is 15.1 Å². The summed E-state index contributed by atoms with van der Waals surface area (Å²) in [6, 6.07) is 3.61. The molecule has 0 spiro atoms. The van der Waals surface area contributed by atoms with Crippen molar-refractivity contribution in [2.45, 2.75) is 20.5 Å². The zero-order chi connectivity index (χ0) is 16.9. The normalized spacial score (nSPS) is 10.8. The number of pyridine rings is 1. The summed E-state index contributed by atoms with van der Waals surface area (Å²) in [4.78, 5) is 25.3. The van der Waals surface area contributed by atoms with Crippen LogP contribution in [0.2, 0.25) is 0 Å². The number of hydrogen-bond acceptors (Lipinski definition) is 8. The third-order valence-corrected chi connectivity index (χ3v) is 4.11. The smallest absolute Gasteiger partial charge is 0.252 e. The Morgan fingerprint density at radius 2 is 2.25 bits per heavy atom. The number of ether oxygens (including phenoxy) is 1.